The van der Waals surface area contributed by atoms with Crippen molar-refractivity contribution in [2.75, 3.05) is 0 Å². The Hall–Kier alpha value is -0.680. The molecule has 0 amide bonds. The third-order valence-electron chi connectivity index (χ3n) is 1.81. The van der Waals surface area contributed by atoms with E-state index in [9.17, 15) is 0 Å². The van der Waals surface area contributed by atoms with Gasteiger partial charge in [0, 0.05) is 0 Å². The Morgan fingerprint density at radius 1 is 1.64 bits per heavy atom. The average Bonchev–Trinajstić information content (AvgIpc) is 2.86. The van der Waals surface area contributed by atoms with Gasteiger partial charge in [0.15, 0.2) is 0 Å². The van der Waals surface area contributed by atoms with Gasteiger partial charge in [0.25, 0.3) is 0 Å². The van der Waals surface area contributed by atoms with Crippen molar-refractivity contribution in [2.24, 2.45) is 0 Å². The number of hydrogen-bond acceptors (Lipinski definition) is 4. The topological polar surface area (TPSA) is 38.9 Å². The summed E-state index contributed by atoms with van der Waals surface area (Å²) in [6.45, 7) is 2.06. The second-order valence-electron chi connectivity index (χ2n) is 2.81. The molecule has 74 valence electrons. The van der Waals surface area contributed by atoms with Gasteiger partial charge >= 0.3 is 0 Å². The standard InChI is InChI=1S/C9H9BrN2OS/c1-2-6(10)9-11-8(12-13-9)7-4-3-5-14-7/h3-6H,2H2,1H3. The van der Waals surface area contributed by atoms with Gasteiger partial charge in [-0.15, -0.1) is 11.3 Å². The van der Waals surface area contributed by atoms with Gasteiger partial charge in [-0.05, 0) is 17.9 Å². The third-order valence-corrected chi connectivity index (χ3v) is 3.71. The fraction of sp³-hybridized carbons (Fsp3) is 0.333. The number of rotatable bonds is 3. The normalized spacial score (nSPS) is 13.0. The molecule has 0 aliphatic carbocycles. The van der Waals surface area contributed by atoms with E-state index in [1.807, 2.05) is 17.5 Å². The van der Waals surface area contributed by atoms with Crippen molar-refractivity contribution in [3.8, 4) is 10.7 Å². The number of nitrogens with zero attached hydrogens (tertiary/aromatic N) is 2. The second kappa shape index (κ2) is 4.23. The van der Waals surface area contributed by atoms with Crippen LogP contribution >= 0.6 is 27.3 Å². The summed E-state index contributed by atoms with van der Waals surface area (Å²) in [5.41, 5.74) is 0. The zero-order valence-electron chi connectivity index (χ0n) is 7.61. The molecule has 2 heterocycles. The molecule has 0 aliphatic heterocycles. The molecule has 2 aromatic rings. The van der Waals surface area contributed by atoms with Crippen LogP contribution in [0.5, 0.6) is 0 Å². The molecule has 1 unspecified atom stereocenters. The number of thiophene rings is 1. The van der Waals surface area contributed by atoms with Crippen LogP contribution in [0.1, 0.15) is 24.1 Å². The molecule has 0 N–H and O–H groups in total. The fourth-order valence-corrected chi connectivity index (χ4v) is 1.88. The van der Waals surface area contributed by atoms with Crippen LogP contribution in [0.3, 0.4) is 0 Å². The summed E-state index contributed by atoms with van der Waals surface area (Å²) in [5.74, 6) is 1.32. The quantitative estimate of drug-likeness (QED) is 0.801. The van der Waals surface area contributed by atoms with Gasteiger partial charge in [0.1, 0.15) is 0 Å². The number of halogens is 1. The van der Waals surface area contributed by atoms with Crippen LogP contribution in [0.25, 0.3) is 10.7 Å². The molecule has 0 aliphatic rings. The number of aromatic nitrogens is 2. The predicted molar refractivity (Wildman–Crippen MR) is 59.6 cm³/mol. The number of hydrogen-bond donors (Lipinski definition) is 0. The first-order valence-electron chi connectivity index (χ1n) is 4.32. The largest absolute Gasteiger partial charge is 0.338 e. The zero-order chi connectivity index (χ0) is 9.97. The van der Waals surface area contributed by atoms with Crippen molar-refractivity contribution < 1.29 is 4.52 Å². The van der Waals surface area contributed by atoms with Crippen molar-refractivity contribution in [1.29, 1.82) is 0 Å². The Bertz CT molecular complexity index is 399. The highest BCUT2D eigenvalue weighted by Gasteiger charge is 2.14. The Labute approximate surface area is 94.3 Å². The van der Waals surface area contributed by atoms with E-state index in [1.54, 1.807) is 11.3 Å². The van der Waals surface area contributed by atoms with Crippen LogP contribution in [0.2, 0.25) is 0 Å². The SMILES string of the molecule is CCC(Br)c1nc(-c2cccs2)no1. The maximum atomic E-state index is 5.14. The lowest BCUT2D eigenvalue weighted by Crippen LogP contribution is -1.86. The van der Waals surface area contributed by atoms with E-state index in [4.69, 9.17) is 4.52 Å². The van der Waals surface area contributed by atoms with Crippen molar-refractivity contribution in [3.05, 3.63) is 23.4 Å². The fourth-order valence-electron chi connectivity index (χ4n) is 1.04. The Balaban J connectivity index is 2.26. The Kier molecular flexibility index (Phi) is 2.98. The summed E-state index contributed by atoms with van der Waals surface area (Å²) in [7, 11) is 0. The highest BCUT2D eigenvalue weighted by Crippen LogP contribution is 2.27. The van der Waals surface area contributed by atoms with Crippen LogP contribution in [0, 0.1) is 0 Å². The Morgan fingerprint density at radius 3 is 3.14 bits per heavy atom. The highest BCUT2D eigenvalue weighted by molar-refractivity contribution is 9.09. The summed E-state index contributed by atoms with van der Waals surface area (Å²) in [5, 5.41) is 5.92. The molecule has 2 rings (SSSR count). The zero-order valence-corrected chi connectivity index (χ0v) is 10.0. The molecule has 0 saturated carbocycles. The highest BCUT2D eigenvalue weighted by atomic mass is 79.9. The van der Waals surface area contributed by atoms with Crippen LogP contribution in [-0.4, -0.2) is 10.1 Å². The number of alkyl halides is 1. The van der Waals surface area contributed by atoms with E-state index < -0.39 is 0 Å². The lowest BCUT2D eigenvalue weighted by Gasteiger charge is -1.96. The summed E-state index contributed by atoms with van der Waals surface area (Å²) < 4.78 is 5.14. The first-order valence-corrected chi connectivity index (χ1v) is 6.12. The van der Waals surface area contributed by atoms with Gasteiger partial charge in [-0.2, -0.15) is 4.98 Å². The van der Waals surface area contributed by atoms with Gasteiger partial charge in [-0.1, -0.05) is 34.1 Å². The summed E-state index contributed by atoms with van der Waals surface area (Å²) in [6.07, 6.45) is 0.937. The van der Waals surface area contributed by atoms with Crippen molar-refractivity contribution in [2.45, 2.75) is 18.2 Å². The van der Waals surface area contributed by atoms with Gasteiger partial charge in [-0.25, -0.2) is 0 Å². The van der Waals surface area contributed by atoms with Gasteiger partial charge in [-0.3, -0.25) is 0 Å². The smallest absolute Gasteiger partial charge is 0.240 e. The molecule has 1 atom stereocenters. The first kappa shape index (κ1) is 9.86. The molecule has 0 spiro atoms. The minimum absolute atomic E-state index is 0.156. The minimum Gasteiger partial charge on any atom is -0.338 e. The van der Waals surface area contributed by atoms with Crippen LogP contribution in [0.15, 0.2) is 22.0 Å². The van der Waals surface area contributed by atoms with Crippen molar-refractivity contribution in [3.63, 3.8) is 0 Å². The summed E-state index contributed by atoms with van der Waals surface area (Å²) in [4.78, 5) is 5.50. The third kappa shape index (κ3) is 1.88. The molecule has 3 nitrogen and oxygen atoms in total. The van der Waals surface area contributed by atoms with E-state index >= 15 is 0 Å². The molecule has 14 heavy (non-hydrogen) atoms. The van der Waals surface area contributed by atoms with Crippen molar-refractivity contribution in [1.82, 2.24) is 10.1 Å². The first-order chi connectivity index (χ1) is 6.81. The van der Waals surface area contributed by atoms with Crippen LogP contribution < -0.4 is 0 Å². The molecular formula is C9H9BrN2OS. The van der Waals surface area contributed by atoms with E-state index in [0.29, 0.717) is 11.7 Å². The molecule has 0 bridgehead atoms. The Morgan fingerprint density at radius 2 is 2.50 bits per heavy atom. The lowest BCUT2D eigenvalue weighted by molar-refractivity contribution is 0.377. The molecule has 5 heteroatoms. The van der Waals surface area contributed by atoms with Gasteiger partial charge in [0.05, 0.1) is 9.70 Å². The van der Waals surface area contributed by atoms with Crippen LogP contribution in [0.4, 0.5) is 0 Å². The molecule has 0 aromatic carbocycles. The average molecular weight is 273 g/mol. The van der Waals surface area contributed by atoms with E-state index in [-0.39, 0.29) is 4.83 Å². The van der Waals surface area contributed by atoms with Crippen LogP contribution in [-0.2, 0) is 0 Å². The van der Waals surface area contributed by atoms with E-state index in [1.165, 1.54) is 0 Å². The monoisotopic (exact) mass is 272 g/mol. The molecule has 0 radical (unpaired) electrons. The summed E-state index contributed by atoms with van der Waals surface area (Å²) >= 11 is 5.08. The maximum absolute atomic E-state index is 5.14. The molecular weight excluding hydrogens is 264 g/mol. The van der Waals surface area contributed by atoms with E-state index in [2.05, 4.69) is 33.0 Å². The minimum atomic E-state index is 0.156. The maximum Gasteiger partial charge on any atom is 0.240 e. The molecule has 0 fully saturated rings. The predicted octanol–water partition coefficient (Wildman–Crippen LogP) is 3.64. The summed E-state index contributed by atoms with van der Waals surface area (Å²) in [6, 6.07) is 3.95. The van der Waals surface area contributed by atoms with Gasteiger partial charge in [0.2, 0.25) is 11.7 Å². The van der Waals surface area contributed by atoms with E-state index in [0.717, 1.165) is 11.3 Å². The van der Waals surface area contributed by atoms with Crippen molar-refractivity contribution >= 4 is 27.3 Å². The molecule has 2 aromatic heterocycles. The second-order valence-corrected chi connectivity index (χ2v) is 4.86. The molecule has 0 saturated heterocycles. The van der Waals surface area contributed by atoms with Gasteiger partial charge < -0.3 is 4.52 Å². The lowest BCUT2D eigenvalue weighted by atomic mass is 10.3.